The number of anilines is 1. The van der Waals surface area contributed by atoms with Crippen molar-refractivity contribution < 1.29 is 33.3 Å². The predicted octanol–water partition coefficient (Wildman–Crippen LogP) is 3.41. The number of rotatable bonds is 3. The lowest BCUT2D eigenvalue weighted by atomic mass is 9.69. The van der Waals surface area contributed by atoms with Crippen LogP contribution < -0.4 is 34.6 Å². The number of aromatic amines is 1. The van der Waals surface area contributed by atoms with E-state index >= 15 is 0 Å². The Balaban J connectivity index is 1.32. The number of nitrogens with zero attached hydrogens (tertiary/aromatic N) is 3. The van der Waals surface area contributed by atoms with Crippen LogP contribution in [-0.2, 0) is 4.79 Å². The highest BCUT2D eigenvalue weighted by Crippen LogP contribution is 2.55. The topological polar surface area (TPSA) is 156 Å². The number of carbonyl (C=O) groups is 2. The molecule has 5 heterocycles. The Bertz CT molecular complexity index is 2030. The van der Waals surface area contributed by atoms with E-state index in [2.05, 4.69) is 20.4 Å². The molecule has 0 saturated carbocycles. The molecule has 3 aliphatic heterocycles. The zero-order valence-corrected chi connectivity index (χ0v) is 23.7. The number of benzene rings is 2. The van der Waals surface area contributed by atoms with Gasteiger partial charge < -0.3 is 34.0 Å². The molecular weight excluding hydrogens is 582 g/mol. The van der Waals surface area contributed by atoms with Gasteiger partial charge in [0.2, 0.25) is 29.9 Å². The molecule has 1 aliphatic carbocycles. The van der Waals surface area contributed by atoms with Crippen molar-refractivity contribution in [3.05, 3.63) is 68.4 Å². The number of ketones is 2. The van der Waals surface area contributed by atoms with E-state index in [9.17, 15) is 14.4 Å². The number of methoxy groups -OCH3 is 2. The van der Waals surface area contributed by atoms with Crippen molar-refractivity contribution in [1.82, 2.24) is 19.7 Å². The Kier molecular flexibility index (Phi) is 5.21. The van der Waals surface area contributed by atoms with Gasteiger partial charge in [-0.1, -0.05) is 18.5 Å². The SMILES string of the molecule is COc1cc(OC)c2c(c1Cl)O[C@@]1(C(=O)C3=C(C[C@H]1C)Nc1ncnn1C3c1cc3cc4c(cc3[nH]c1=O)OCO4)C2=O. The van der Waals surface area contributed by atoms with Gasteiger partial charge in [-0.05, 0) is 18.6 Å². The molecule has 2 aromatic heterocycles. The van der Waals surface area contributed by atoms with Gasteiger partial charge in [0.15, 0.2) is 17.2 Å². The second kappa shape index (κ2) is 8.74. The highest BCUT2D eigenvalue weighted by atomic mass is 35.5. The first kappa shape index (κ1) is 25.7. The highest BCUT2D eigenvalue weighted by molar-refractivity contribution is 6.36. The smallest absolute Gasteiger partial charge is 0.254 e. The molecule has 8 rings (SSSR count). The predicted molar refractivity (Wildman–Crippen MR) is 151 cm³/mol. The summed E-state index contributed by atoms with van der Waals surface area (Å²) in [5.74, 6) is -0.0490. The summed E-state index contributed by atoms with van der Waals surface area (Å²) in [5, 5.41) is 8.23. The van der Waals surface area contributed by atoms with Gasteiger partial charge in [-0.25, -0.2) is 4.68 Å². The molecule has 4 aromatic rings. The summed E-state index contributed by atoms with van der Waals surface area (Å²) in [6, 6.07) is 5.57. The molecule has 14 heteroatoms. The number of fused-ring (bicyclic) bond motifs is 4. The zero-order valence-electron chi connectivity index (χ0n) is 22.9. The third kappa shape index (κ3) is 3.25. The molecule has 218 valence electrons. The average Bonchev–Trinajstić information content (AvgIpc) is 3.72. The number of Topliss-reactive ketones (excluding diaryl/α,β-unsaturated/α-hetero) is 2. The number of aromatic nitrogens is 4. The number of carbonyl (C=O) groups excluding carboxylic acids is 2. The van der Waals surface area contributed by atoms with E-state index in [1.807, 2.05) is 0 Å². The molecule has 3 atom stereocenters. The van der Waals surface area contributed by atoms with E-state index in [1.165, 1.54) is 31.3 Å². The fraction of sp³-hybridized carbons (Fsp3) is 0.276. The van der Waals surface area contributed by atoms with Crippen LogP contribution in [0.5, 0.6) is 28.7 Å². The van der Waals surface area contributed by atoms with E-state index in [4.69, 9.17) is 35.3 Å². The standard InChI is InChI=1S/C29H22ClN5O8/c1-11-4-15-20(25(36)29(11)26(37)21-18(39-2)8-19(40-3)22(30)24(21)43-29)23(35-28(34-15)31-9-32-35)13-5-12-6-16-17(42-10-41-16)7-14(12)33-27(13)38/h5-9,11,23H,4,10H2,1-3H3,(H,33,38)(H,31,32,34)/t11-,23?,29+/m1/s1. The van der Waals surface area contributed by atoms with E-state index in [0.29, 0.717) is 34.0 Å². The molecule has 1 spiro atoms. The van der Waals surface area contributed by atoms with Crippen molar-refractivity contribution in [3.63, 3.8) is 0 Å². The second-order valence-electron chi connectivity index (χ2n) is 10.7. The average molecular weight is 604 g/mol. The van der Waals surface area contributed by atoms with Crippen molar-refractivity contribution in [2.45, 2.75) is 25.0 Å². The van der Waals surface area contributed by atoms with E-state index in [0.717, 1.165) is 0 Å². The van der Waals surface area contributed by atoms with Crippen LogP contribution in [0.25, 0.3) is 10.9 Å². The molecule has 13 nitrogen and oxygen atoms in total. The number of hydrogen-bond donors (Lipinski definition) is 2. The number of H-pyrrole nitrogens is 1. The lowest BCUT2D eigenvalue weighted by Crippen LogP contribution is -2.58. The minimum Gasteiger partial charge on any atom is -0.496 e. The van der Waals surface area contributed by atoms with Crippen molar-refractivity contribution in [2.75, 3.05) is 26.3 Å². The Labute approximate surface area is 247 Å². The first-order chi connectivity index (χ1) is 20.8. The Morgan fingerprint density at radius 1 is 1.05 bits per heavy atom. The van der Waals surface area contributed by atoms with E-state index in [-0.39, 0.29) is 52.2 Å². The maximum absolute atomic E-state index is 14.8. The zero-order chi connectivity index (χ0) is 29.8. The van der Waals surface area contributed by atoms with Gasteiger partial charge >= 0.3 is 0 Å². The van der Waals surface area contributed by atoms with Crippen LogP contribution in [0.3, 0.4) is 0 Å². The van der Waals surface area contributed by atoms with Gasteiger partial charge in [0.25, 0.3) is 5.56 Å². The molecule has 1 unspecified atom stereocenters. The van der Waals surface area contributed by atoms with Crippen LogP contribution in [0.2, 0.25) is 5.02 Å². The fourth-order valence-electron chi connectivity index (χ4n) is 6.49. The largest absolute Gasteiger partial charge is 0.496 e. The Hall–Kier alpha value is -5.04. The molecular formula is C29H22ClN5O8. The summed E-state index contributed by atoms with van der Waals surface area (Å²) in [5.41, 5.74) is -0.960. The van der Waals surface area contributed by atoms with Crippen LogP contribution in [0.15, 0.2) is 46.7 Å². The summed E-state index contributed by atoms with van der Waals surface area (Å²) >= 11 is 6.60. The van der Waals surface area contributed by atoms with Crippen LogP contribution in [0.4, 0.5) is 5.95 Å². The first-order valence-corrected chi connectivity index (χ1v) is 13.7. The summed E-state index contributed by atoms with van der Waals surface area (Å²) < 4.78 is 29.6. The Morgan fingerprint density at radius 2 is 1.81 bits per heavy atom. The monoisotopic (exact) mass is 603 g/mol. The lowest BCUT2D eigenvalue weighted by molar-refractivity contribution is -0.130. The number of hydrogen-bond acceptors (Lipinski definition) is 11. The highest BCUT2D eigenvalue weighted by Gasteiger charge is 2.64. The molecule has 2 aromatic carbocycles. The van der Waals surface area contributed by atoms with Crippen molar-refractivity contribution >= 4 is 40.0 Å². The maximum Gasteiger partial charge on any atom is 0.254 e. The molecule has 0 fully saturated rings. The number of ether oxygens (including phenoxy) is 5. The second-order valence-corrected chi connectivity index (χ2v) is 11.1. The van der Waals surface area contributed by atoms with Crippen molar-refractivity contribution in [3.8, 4) is 28.7 Å². The number of nitrogens with one attached hydrogen (secondary N) is 2. The minimum atomic E-state index is -1.97. The van der Waals surface area contributed by atoms with Crippen molar-refractivity contribution in [2.24, 2.45) is 5.92 Å². The van der Waals surface area contributed by atoms with Crippen molar-refractivity contribution in [1.29, 1.82) is 0 Å². The third-order valence-electron chi connectivity index (χ3n) is 8.54. The number of halogens is 1. The third-order valence-corrected chi connectivity index (χ3v) is 8.90. The molecule has 43 heavy (non-hydrogen) atoms. The molecule has 4 aliphatic rings. The molecule has 0 bridgehead atoms. The van der Waals surface area contributed by atoms with Gasteiger partial charge in [-0.3, -0.25) is 14.4 Å². The molecule has 2 N–H and O–H groups in total. The number of allylic oxidation sites excluding steroid dienone is 1. The lowest BCUT2D eigenvalue weighted by Gasteiger charge is -2.41. The van der Waals surface area contributed by atoms with Crippen LogP contribution in [0.1, 0.15) is 35.3 Å². The van der Waals surface area contributed by atoms with Gasteiger partial charge in [0.05, 0.1) is 19.7 Å². The minimum absolute atomic E-state index is 0.00788. The summed E-state index contributed by atoms with van der Waals surface area (Å²) in [6.45, 7) is 1.83. The van der Waals surface area contributed by atoms with E-state index in [1.54, 1.807) is 25.1 Å². The normalized spacial score (nSPS) is 23.2. The summed E-state index contributed by atoms with van der Waals surface area (Å²) in [7, 11) is 2.83. The Morgan fingerprint density at radius 3 is 2.58 bits per heavy atom. The van der Waals surface area contributed by atoms with Gasteiger partial charge in [-0.2, -0.15) is 10.1 Å². The quantitative estimate of drug-likeness (QED) is 0.331. The summed E-state index contributed by atoms with van der Waals surface area (Å²) in [6.07, 6.45) is 1.56. The van der Waals surface area contributed by atoms with Crippen LogP contribution >= 0.6 is 11.6 Å². The van der Waals surface area contributed by atoms with Gasteiger partial charge in [0.1, 0.15) is 34.5 Å². The summed E-state index contributed by atoms with van der Waals surface area (Å²) in [4.78, 5) is 50.0. The van der Waals surface area contributed by atoms with Crippen LogP contribution in [0, 0.1) is 5.92 Å². The molecule has 0 saturated heterocycles. The molecule has 0 radical (unpaired) electrons. The fourth-order valence-corrected chi connectivity index (χ4v) is 6.76. The maximum atomic E-state index is 14.8. The molecule has 0 amide bonds. The van der Waals surface area contributed by atoms with E-state index < -0.39 is 34.7 Å². The van der Waals surface area contributed by atoms with Gasteiger partial charge in [0, 0.05) is 40.3 Å². The first-order valence-electron chi connectivity index (χ1n) is 13.4. The van der Waals surface area contributed by atoms with Gasteiger partial charge in [-0.15, -0.1) is 0 Å². The number of pyridine rings is 1. The van der Waals surface area contributed by atoms with Crippen LogP contribution in [-0.4, -0.2) is 57.9 Å².